The zero-order valence-electron chi connectivity index (χ0n) is 13.1. The smallest absolute Gasteiger partial charge is 0.315 e. The fourth-order valence-electron chi connectivity index (χ4n) is 3.70. The van der Waals surface area contributed by atoms with Crippen molar-refractivity contribution in [3.63, 3.8) is 0 Å². The standard InChI is InChI=1S/C16H29N3OS/c1-2-12-8-10-16(11-9-12,14(17)21)19-15(20)18-13-6-4-3-5-7-13/h12-13H,2-11H2,1H3,(H2,17,21)(H2,18,19,20). The monoisotopic (exact) mass is 311 g/mol. The SMILES string of the molecule is CCC1CCC(NC(=O)NC2CCCCC2)(C(N)=S)CC1. The number of carbonyl (C=O) groups excluding carboxylic acids is 1. The predicted molar refractivity (Wildman–Crippen MR) is 90.3 cm³/mol. The summed E-state index contributed by atoms with van der Waals surface area (Å²) in [6.45, 7) is 2.22. The second-order valence-corrected chi connectivity index (χ2v) is 7.17. The molecule has 0 aromatic carbocycles. The molecule has 0 spiro atoms. The first-order valence-electron chi connectivity index (χ1n) is 8.44. The van der Waals surface area contributed by atoms with Crippen molar-refractivity contribution in [3.8, 4) is 0 Å². The fourth-order valence-corrected chi connectivity index (χ4v) is 3.95. The number of hydrogen-bond acceptors (Lipinski definition) is 2. The van der Waals surface area contributed by atoms with Crippen molar-refractivity contribution in [2.45, 2.75) is 82.7 Å². The molecule has 4 nitrogen and oxygen atoms in total. The van der Waals surface area contributed by atoms with Gasteiger partial charge < -0.3 is 16.4 Å². The highest BCUT2D eigenvalue weighted by Gasteiger charge is 2.39. The molecule has 0 atom stereocenters. The second kappa shape index (κ2) is 7.43. The minimum absolute atomic E-state index is 0.0929. The predicted octanol–water partition coefficient (Wildman–Crippen LogP) is 3.24. The van der Waals surface area contributed by atoms with E-state index >= 15 is 0 Å². The summed E-state index contributed by atoms with van der Waals surface area (Å²) in [5.41, 5.74) is 5.49. The molecule has 2 saturated carbocycles. The van der Waals surface area contributed by atoms with Crippen LogP contribution in [0.2, 0.25) is 0 Å². The summed E-state index contributed by atoms with van der Waals surface area (Å²) in [5.74, 6) is 0.746. The lowest BCUT2D eigenvalue weighted by Crippen LogP contribution is -2.61. The molecule has 0 bridgehead atoms. The van der Waals surface area contributed by atoms with Gasteiger partial charge in [-0.1, -0.05) is 44.8 Å². The molecule has 0 heterocycles. The van der Waals surface area contributed by atoms with Crippen molar-refractivity contribution in [2.75, 3.05) is 0 Å². The Morgan fingerprint density at radius 3 is 2.33 bits per heavy atom. The van der Waals surface area contributed by atoms with Gasteiger partial charge in [0, 0.05) is 6.04 Å². The summed E-state index contributed by atoms with van der Waals surface area (Å²) in [4.78, 5) is 12.7. The van der Waals surface area contributed by atoms with Gasteiger partial charge in [0.15, 0.2) is 0 Å². The van der Waals surface area contributed by atoms with Gasteiger partial charge in [-0.15, -0.1) is 0 Å². The number of nitrogens with two attached hydrogens (primary N) is 1. The molecule has 21 heavy (non-hydrogen) atoms. The van der Waals surface area contributed by atoms with E-state index in [4.69, 9.17) is 18.0 Å². The molecule has 5 heteroatoms. The third-order valence-electron chi connectivity index (χ3n) is 5.30. The maximum Gasteiger partial charge on any atom is 0.315 e. The van der Waals surface area contributed by atoms with E-state index in [1.54, 1.807) is 0 Å². The van der Waals surface area contributed by atoms with Crippen LogP contribution in [0.15, 0.2) is 0 Å². The molecule has 2 rings (SSSR count). The number of urea groups is 1. The molecule has 0 aliphatic heterocycles. The summed E-state index contributed by atoms with van der Waals surface area (Å²) < 4.78 is 0. The van der Waals surface area contributed by atoms with E-state index in [1.165, 1.54) is 25.7 Å². The topological polar surface area (TPSA) is 67.2 Å². The minimum Gasteiger partial charge on any atom is -0.391 e. The van der Waals surface area contributed by atoms with Gasteiger partial charge in [0.2, 0.25) is 0 Å². The molecule has 0 saturated heterocycles. The van der Waals surface area contributed by atoms with E-state index in [1.807, 2.05) is 0 Å². The number of hydrogen-bond donors (Lipinski definition) is 3. The summed E-state index contributed by atoms with van der Waals surface area (Å²) in [7, 11) is 0. The molecule has 0 aromatic heterocycles. The van der Waals surface area contributed by atoms with E-state index in [-0.39, 0.29) is 6.03 Å². The van der Waals surface area contributed by atoms with E-state index in [0.29, 0.717) is 11.0 Å². The Bertz CT molecular complexity index is 372. The van der Waals surface area contributed by atoms with Crippen LogP contribution in [0.3, 0.4) is 0 Å². The molecule has 0 unspecified atom stereocenters. The highest BCUT2D eigenvalue weighted by Crippen LogP contribution is 2.34. The van der Waals surface area contributed by atoms with Gasteiger partial charge in [0.25, 0.3) is 0 Å². The average Bonchev–Trinajstić information content (AvgIpc) is 2.48. The summed E-state index contributed by atoms with van der Waals surface area (Å²) >= 11 is 5.26. The first-order chi connectivity index (χ1) is 10.1. The normalized spacial score (nSPS) is 30.6. The van der Waals surface area contributed by atoms with Crippen LogP contribution in [-0.2, 0) is 0 Å². The average molecular weight is 311 g/mol. The lowest BCUT2D eigenvalue weighted by atomic mass is 9.75. The molecular formula is C16H29N3OS. The van der Waals surface area contributed by atoms with Crippen molar-refractivity contribution < 1.29 is 4.79 Å². The Morgan fingerprint density at radius 1 is 1.19 bits per heavy atom. The van der Waals surface area contributed by atoms with Gasteiger partial charge in [-0.05, 0) is 44.4 Å². The number of rotatable bonds is 4. The van der Waals surface area contributed by atoms with Gasteiger partial charge >= 0.3 is 6.03 Å². The highest BCUT2D eigenvalue weighted by atomic mass is 32.1. The third kappa shape index (κ3) is 4.31. The maximum absolute atomic E-state index is 12.3. The molecular weight excluding hydrogens is 282 g/mol. The van der Waals surface area contributed by atoms with Crippen molar-refractivity contribution in [1.29, 1.82) is 0 Å². The van der Waals surface area contributed by atoms with Crippen LogP contribution < -0.4 is 16.4 Å². The van der Waals surface area contributed by atoms with Gasteiger partial charge in [-0.3, -0.25) is 0 Å². The zero-order valence-corrected chi connectivity index (χ0v) is 13.9. The first-order valence-corrected chi connectivity index (χ1v) is 8.85. The molecule has 2 aliphatic carbocycles. The number of carbonyl (C=O) groups is 1. The number of amides is 2. The molecule has 2 fully saturated rings. The van der Waals surface area contributed by atoms with Crippen LogP contribution >= 0.6 is 12.2 Å². The van der Waals surface area contributed by atoms with Crippen molar-refractivity contribution in [1.82, 2.24) is 10.6 Å². The van der Waals surface area contributed by atoms with E-state index < -0.39 is 5.54 Å². The summed E-state index contributed by atoms with van der Waals surface area (Å²) in [6.07, 6.45) is 11.0. The molecule has 120 valence electrons. The number of nitrogens with one attached hydrogen (secondary N) is 2. The summed E-state index contributed by atoms with van der Waals surface area (Å²) in [5, 5.41) is 6.21. The second-order valence-electron chi connectivity index (χ2n) is 6.73. The quantitative estimate of drug-likeness (QED) is 0.698. The van der Waals surface area contributed by atoms with Gasteiger partial charge in [-0.2, -0.15) is 0 Å². The molecule has 2 aliphatic rings. The molecule has 0 aromatic rings. The Labute approximate surface area is 133 Å². The van der Waals surface area contributed by atoms with Gasteiger partial charge in [-0.25, -0.2) is 4.79 Å². The van der Waals surface area contributed by atoms with Gasteiger partial charge in [0.1, 0.15) is 0 Å². The van der Waals surface area contributed by atoms with Crippen molar-refractivity contribution in [3.05, 3.63) is 0 Å². The fraction of sp³-hybridized carbons (Fsp3) is 0.875. The minimum atomic E-state index is -0.472. The van der Waals surface area contributed by atoms with Crippen molar-refractivity contribution in [2.24, 2.45) is 11.7 Å². The van der Waals surface area contributed by atoms with E-state index in [9.17, 15) is 4.79 Å². The van der Waals surface area contributed by atoms with Crippen LogP contribution in [0.5, 0.6) is 0 Å². The Hall–Kier alpha value is -0.840. The van der Waals surface area contributed by atoms with Crippen LogP contribution in [0.4, 0.5) is 4.79 Å². The number of thiocarbonyl (C=S) groups is 1. The summed E-state index contributed by atoms with van der Waals surface area (Å²) in [6, 6.07) is 0.221. The zero-order chi connectivity index (χ0) is 15.3. The Kier molecular flexibility index (Phi) is 5.85. The first kappa shape index (κ1) is 16.5. The van der Waals surface area contributed by atoms with Gasteiger partial charge in [0.05, 0.1) is 10.5 Å². The Balaban J connectivity index is 1.90. The maximum atomic E-state index is 12.3. The van der Waals surface area contributed by atoms with E-state index in [0.717, 1.165) is 44.4 Å². The molecule has 0 radical (unpaired) electrons. The van der Waals surface area contributed by atoms with Crippen molar-refractivity contribution >= 4 is 23.2 Å². The van der Waals surface area contributed by atoms with Crippen LogP contribution in [0.25, 0.3) is 0 Å². The van der Waals surface area contributed by atoms with Crippen LogP contribution in [-0.4, -0.2) is 22.6 Å². The van der Waals surface area contributed by atoms with E-state index in [2.05, 4.69) is 17.6 Å². The molecule has 4 N–H and O–H groups in total. The third-order valence-corrected chi connectivity index (χ3v) is 5.69. The molecule has 2 amide bonds. The Morgan fingerprint density at radius 2 is 1.81 bits per heavy atom. The lowest BCUT2D eigenvalue weighted by molar-refractivity contribution is 0.206. The lowest BCUT2D eigenvalue weighted by Gasteiger charge is -2.40. The van der Waals surface area contributed by atoms with Crippen LogP contribution in [0.1, 0.15) is 71.1 Å². The van der Waals surface area contributed by atoms with Crippen LogP contribution in [0, 0.1) is 5.92 Å². The highest BCUT2D eigenvalue weighted by molar-refractivity contribution is 7.80. The largest absolute Gasteiger partial charge is 0.391 e.